The van der Waals surface area contributed by atoms with E-state index in [-0.39, 0.29) is 28.7 Å². The second kappa shape index (κ2) is 6.57. The minimum absolute atomic E-state index is 0.0982. The Labute approximate surface area is 124 Å². The lowest BCUT2D eigenvalue weighted by atomic mass is 9.87. The highest BCUT2D eigenvalue weighted by atomic mass is 16.4. The molecule has 1 aromatic heterocycles. The van der Waals surface area contributed by atoms with Crippen LogP contribution in [0.25, 0.3) is 0 Å². The van der Waals surface area contributed by atoms with Crippen molar-refractivity contribution < 1.29 is 14.0 Å². The number of Topliss-reactive ketones (excluding diaryl/α,β-unsaturated/α-hetero) is 1. The van der Waals surface area contributed by atoms with Crippen molar-refractivity contribution in [3.63, 3.8) is 0 Å². The predicted octanol–water partition coefficient (Wildman–Crippen LogP) is 3.57. The molecule has 0 saturated heterocycles. The molecule has 1 heterocycles. The Bertz CT molecular complexity index is 589. The zero-order valence-corrected chi connectivity index (χ0v) is 12.5. The van der Waals surface area contributed by atoms with Crippen molar-refractivity contribution in [3.8, 4) is 6.07 Å². The van der Waals surface area contributed by atoms with E-state index < -0.39 is 0 Å². The average molecular weight is 288 g/mol. The van der Waals surface area contributed by atoms with Crippen LogP contribution in [-0.4, -0.2) is 11.7 Å². The fraction of sp³-hybridized carbons (Fsp3) is 0.562. The molecule has 1 aliphatic rings. The second-order valence-corrected chi connectivity index (χ2v) is 5.66. The second-order valence-electron chi connectivity index (χ2n) is 5.66. The van der Waals surface area contributed by atoms with Gasteiger partial charge in [-0.05, 0) is 32.6 Å². The van der Waals surface area contributed by atoms with E-state index >= 15 is 0 Å². The maximum absolute atomic E-state index is 12.1. The van der Waals surface area contributed by atoms with Crippen LogP contribution >= 0.6 is 0 Å². The number of nitrogens with zero attached hydrogens (tertiary/aromatic N) is 1. The van der Waals surface area contributed by atoms with E-state index in [0.717, 1.165) is 12.8 Å². The van der Waals surface area contributed by atoms with Crippen LogP contribution in [-0.2, 0) is 4.79 Å². The van der Waals surface area contributed by atoms with Crippen LogP contribution in [0.15, 0.2) is 4.42 Å². The Morgan fingerprint density at radius 3 is 2.57 bits per heavy atom. The van der Waals surface area contributed by atoms with Gasteiger partial charge in [0.25, 0.3) is 0 Å². The third kappa shape index (κ3) is 3.52. The standard InChI is InChI=1S/C16H20N2O3/c1-10(19)15-11(2)21-16(13(15)9-17)18-14(20)8-12-6-4-3-5-7-12/h12H,3-8H2,1-2H3,(H,18,20). The maximum atomic E-state index is 12.1. The van der Waals surface area contributed by atoms with Gasteiger partial charge in [-0.1, -0.05) is 19.3 Å². The number of rotatable bonds is 4. The monoisotopic (exact) mass is 288 g/mol. The third-order valence-electron chi connectivity index (χ3n) is 4.00. The quantitative estimate of drug-likeness (QED) is 0.858. The summed E-state index contributed by atoms with van der Waals surface area (Å²) in [5, 5.41) is 11.8. The summed E-state index contributed by atoms with van der Waals surface area (Å²) in [4.78, 5) is 23.6. The van der Waals surface area contributed by atoms with Crippen LogP contribution in [0.4, 0.5) is 5.88 Å². The molecule has 1 N–H and O–H groups in total. The third-order valence-corrected chi connectivity index (χ3v) is 4.00. The lowest BCUT2D eigenvalue weighted by Crippen LogP contribution is -2.18. The molecule has 5 nitrogen and oxygen atoms in total. The number of furan rings is 1. The Kier molecular flexibility index (Phi) is 4.79. The summed E-state index contributed by atoms with van der Waals surface area (Å²) >= 11 is 0. The summed E-state index contributed by atoms with van der Waals surface area (Å²) in [7, 11) is 0. The number of carbonyl (C=O) groups excluding carboxylic acids is 2. The van der Waals surface area contributed by atoms with E-state index in [0.29, 0.717) is 18.1 Å². The number of hydrogen-bond acceptors (Lipinski definition) is 4. The van der Waals surface area contributed by atoms with Crippen LogP contribution in [0.2, 0.25) is 0 Å². The highest BCUT2D eigenvalue weighted by Gasteiger charge is 2.23. The minimum atomic E-state index is -0.236. The first kappa shape index (κ1) is 15.3. The van der Waals surface area contributed by atoms with Crippen molar-refractivity contribution in [1.29, 1.82) is 5.26 Å². The average Bonchev–Trinajstić information content (AvgIpc) is 2.75. The van der Waals surface area contributed by atoms with Crippen LogP contribution in [0, 0.1) is 24.2 Å². The van der Waals surface area contributed by atoms with Crippen LogP contribution < -0.4 is 5.32 Å². The van der Waals surface area contributed by atoms with E-state index in [1.54, 1.807) is 6.92 Å². The number of carbonyl (C=O) groups is 2. The zero-order valence-electron chi connectivity index (χ0n) is 12.5. The van der Waals surface area contributed by atoms with Crippen LogP contribution in [0.5, 0.6) is 0 Å². The van der Waals surface area contributed by atoms with Gasteiger partial charge in [0, 0.05) is 6.42 Å². The van der Waals surface area contributed by atoms with Gasteiger partial charge in [0.2, 0.25) is 11.8 Å². The number of nitrogens with one attached hydrogen (secondary N) is 1. The van der Waals surface area contributed by atoms with Crippen molar-refractivity contribution in [2.24, 2.45) is 5.92 Å². The summed E-state index contributed by atoms with van der Waals surface area (Å²) in [5.41, 5.74) is 0.377. The van der Waals surface area contributed by atoms with Crippen molar-refractivity contribution in [2.75, 3.05) is 5.32 Å². The molecule has 0 aliphatic heterocycles. The maximum Gasteiger partial charge on any atom is 0.226 e. The highest BCUT2D eigenvalue weighted by molar-refractivity contribution is 6.00. The molecule has 0 aromatic carbocycles. The highest BCUT2D eigenvalue weighted by Crippen LogP contribution is 2.29. The Hall–Kier alpha value is -2.09. The zero-order chi connectivity index (χ0) is 15.4. The molecule has 1 aromatic rings. The fourth-order valence-electron chi connectivity index (χ4n) is 2.99. The first-order valence-corrected chi connectivity index (χ1v) is 7.37. The largest absolute Gasteiger partial charge is 0.443 e. The van der Waals surface area contributed by atoms with Gasteiger partial charge in [-0.3, -0.25) is 14.9 Å². The first-order chi connectivity index (χ1) is 10.0. The molecule has 2 rings (SSSR count). The Balaban J connectivity index is 2.09. The summed E-state index contributed by atoms with van der Waals surface area (Å²) in [6.45, 7) is 3.00. The number of amides is 1. The van der Waals surface area contributed by atoms with Gasteiger partial charge in [0.05, 0.1) is 5.56 Å². The molecule has 1 amide bonds. The van der Waals surface area contributed by atoms with E-state index in [1.165, 1.54) is 26.2 Å². The van der Waals surface area contributed by atoms with Crippen molar-refractivity contribution in [3.05, 3.63) is 16.9 Å². The van der Waals surface area contributed by atoms with E-state index in [2.05, 4.69) is 5.32 Å². The number of ketones is 1. The smallest absolute Gasteiger partial charge is 0.226 e. The molecule has 0 bridgehead atoms. The molecule has 0 atom stereocenters. The molecular formula is C16H20N2O3. The minimum Gasteiger partial charge on any atom is -0.443 e. The topological polar surface area (TPSA) is 83.1 Å². The summed E-state index contributed by atoms with van der Waals surface area (Å²) in [6.07, 6.45) is 6.20. The molecule has 1 fully saturated rings. The molecule has 5 heteroatoms. The van der Waals surface area contributed by atoms with E-state index in [4.69, 9.17) is 4.42 Å². The first-order valence-electron chi connectivity index (χ1n) is 7.37. The van der Waals surface area contributed by atoms with Gasteiger partial charge in [-0.2, -0.15) is 5.26 Å². The predicted molar refractivity (Wildman–Crippen MR) is 78.0 cm³/mol. The molecule has 0 unspecified atom stereocenters. The summed E-state index contributed by atoms with van der Waals surface area (Å²) < 4.78 is 5.38. The number of aryl methyl sites for hydroxylation is 1. The molecule has 112 valence electrons. The Morgan fingerprint density at radius 1 is 1.33 bits per heavy atom. The van der Waals surface area contributed by atoms with Gasteiger partial charge in [-0.25, -0.2) is 0 Å². The molecule has 0 spiro atoms. The molecular weight excluding hydrogens is 268 g/mol. The summed E-state index contributed by atoms with van der Waals surface area (Å²) in [6, 6.07) is 1.95. The van der Waals surface area contributed by atoms with Crippen molar-refractivity contribution in [1.82, 2.24) is 0 Å². The number of anilines is 1. The van der Waals surface area contributed by atoms with E-state index in [1.807, 2.05) is 6.07 Å². The van der Waals surface area contributed by atoms with Gasteiger partial charge in [0.15, 0.2) is 5.78 Å². The van der Waals surface area contributed by atoms with Crippen LogP contribution in [0.1, 0.15) is 67.1 Å². The summed E-state index contributed by atoms with van der Waals surface area (Å²) in [5.74, 6) is 0.489. The van der Waals surface area contributed by atoms with E-state index in [9.17, 15) is 14.9 Å². The molecule has 0 radical (unpaired) electrons. The van der Waals surface area contributed by atoms with Gasteiger partial charge in [-0.15, -0.1) is 0 Å². The van der Waals surface area contributed by atoms with Crippen molar-refractivity contribution in [2.45, 2.75) is 52.4 Å². The SMILES string of the molecule is CC(=O)c1c(C)oc(NC(=O)CC2CCCCC2)c1C#N. The molecule has 21 heavy (non-hydrogen) atoms. The van der Waals surface area contributed by atoms with Crippen LogP contribution in [0.3, 0.4) is 0 Å². The normalized spacial score (nSPS) is 15.5. The molecule has 1 saturated carbocycles. The molecule has 1 aliphatic carbocycles. The number of nitriles is 1. The van der Waals surface area contributed by atoms with Crippen molar-refractivity contribution >= 4 is 17.6 Å². The van der Waals surface area contributed by atoms with Gasteiger partial charge >= 0.3 is 0 Å². The Morgan fingerprint density at radius 2 is 2.00 bits per heavy atom. The lowest BCUT2D eigenvalue weighted by molar-refractivity contribution is -0.117. The number of hydrogen-bond donors (Lipinski definition) is 1. The van der Waals surface area contributed by atoms with Gasteiger partial charge < -0.3 is 4.42 Å². The lowest BCUT2D eigenvalue weighted by Gasteiger charge is -2.20. The fourth-order valence-corrected chi connectivity index (χ4v) is 2.99. The van der Waals surface area contributed by atoms with Gasteiger partial charge in [0.1, 0.15) is 17.4 Å².